The van der Waals surface area contributed by atoms with Gasteiger partial charge in [0.2, 0.25) is 0 Å². The summed E-state index contributed by atoms with van der Waals surface area (Å²) in [6.45, 7) is 0. The Morgan fingerprint density at radius 1 is 1.05 bits per heavy atom. The summed E-state index contributed by atoms with van der Waals surface area (Å²) in [4.78, 5) is 10.5. The average Bonchev–Trinajstić information content (AvgIpc) is 2.39. The van der Waals surface area contributed by atoms with Crippen LogP contribution in [0.2, 0.25) is 10.0 Å². The van der Waals surface area contributed by atoms with E-state index in [2.05, 4.69) is 0 Å². The summed E-state index contributed by atoms with van der Waals surface area (Å²) in [7, 11) is 0. The zero-order chi connectivity index (χ0) is 14.7. The second-order valence-corrected chi connectivity index (χ2v) is 4.89. The van der Waals surface area contributed by atoms with Crippen molar-refractivity contribution in [1.82, 2.24) is 0 Å². The minimum atomic E-state index is -1.09. The maximum atomic E-state index is 13.6. The molecule has 0 aliphatic heterocycles. The summed E-state index contributed by atoms with van der Waals surface area (Å²) >= 11 is 11.8. The molecule has 0 amide bonds. The van der Waals surface area contributed by atoms with Crippen molar-refractivity contribution in [3.05, 3.63) is 63.9 Å². The van der Waals surface area contributed by atoms with Crippen LogP contribution in [0.3, 0.4) is 0 Å². The smallest absolute Gasteiger partial charge is 0.328 e. The second kappa shape index (κ2) is 6.07. The monoisotopic (exact) mass is 310 g/mol. The molecular weight excluding hydrogens is 302 g/mol. The van der Waals surface area contributed by atoms with Crippen molar-refractivity contribution in [2.75, 3.05) is 0 Å². The highest BCUT2D eigenvalue weighted by atomic mass is 35.5. The number of carboxylic acid groups (broad SMARTS) is 1. The largest absolute Gasteiger partial charge is 0.478 e. The van der Waals surface area contributed by atoms with E-state index in [0.29, 0.717) is 26.7 Å². The molecule has 0 fully saturated rings. The van der Waals surface area contributed by atoms with Gasteiger partial charge in [-0.25, -0.2) is 9.18 Å². The fraction of sp³-hybridized carbons (Fsp3) is 0. The first-order valence-corrected chi connectivity index (χ1v) is 6.38. The number of benzene rings is 2. The van der Waals surface area contributed by atoms with Crippen LogP contribution in [0.4, 0.5) is 4.39 Å². The highest BCUT2D eigenvalue weighted by molar-refractivity contribution is 6.42. The highest BCUT2D eigenvalue weighted by Gasteiger charge is 2.05. The van der Waals surface area contributed by atoms with E-state index in [1.54, 1.807) is 24.3 Å². The number of aliphatic carboxylic acids is 1. The number of hydrogen-bond donors (Lipinski definition) is 1. The third kappa shape index (κ3) is 3.59. The van der Waals surface area contributed by atoms with Crippen LogP contribution in [0.5, 0.6) is 0 Å². The van der Waals surface area contributed by atoms with Gasteiger partial charge in [-0.3, -0.25) is 0 Å². The fourth-order valence-corrected chi connectivity index (χ4v) is 2.02. The Balaban J connectivity index is 2.46. The summed E-state index contributed by atoms with van der Waals surface area (Å²) < 4.78 is 13.6. The van der Waals surface area contributed by atoms with Crippen LogP contribution < -0.4 is 0 Å². The van der Waals surface area contributed by atoms with E-state index in [0.717, 1.165) is 6.08 Å². The summed E-state index contributed by atoms with van der Waals surface area (Å²) in [5, 5.41) is 9.37. The van der Waals surface area contributed by atoms with E-state index >= 15 is 0 Å². The van der Waals surface area contributed by atoms with Crippen molar-refractivity contribution >= 4 is 35.2 Å². The molecule has 5 heteroatoms. The van der Waals surface area contributed by atoms with Crippen LogP contribution in [-0.4, -0.2) is 11.1 Å². The quantitative estimate of drug-likeness (QED) is 0.819. The lowest BCUT2D eigenvalue weighted by molar-refractivity contribution is -0.131. The van der Waals surface area contributed by atoms with Crippen molar-refractivity contribution in [3.8, 4) is 11.1 Å². The van der Waals surface area contributed by atoms with Gasteiger partial charge in [-0.05, 0) is 53.1 Å². The van der Waals surface area contributed by atoms with Crippen molar-refractivity contribution in [1.29, 1.82) is 0 Å². The van der Waals surface area contributed by atoms with Gasteiger partial charge < -0.3 is 5.11 Å². The Kier molecular flexibility index (Phi) is 4.42. The highest BCUT2D eigenvalue weighted by Crippen LogP contribution is 2.29. The molecule has 1 N–H and O–H groups in total. The molecule has 2 aromatic rings. The predicted octanol–water partition coefficient (Wildman–Crippen LogP) is 4.90. The summed E-state index contributed by atoms with van der Waals surface area (Å²) in [5.74, 6) is -1.55. The minimum Gasteiger partial charge on any atom is -0.478 e. The Morgan fingerprint density at radius 3 is 2.45 bits per heavy atom. The molecule has 0 aliphatic rings. The van der Waals surface area contributed by atoms with E-state index in [4.69, 9.17) is 28.3 Å². The second-order valence-electron chi connectivity index (χ2n) is 4.07. The molecule has 0 aromatic heterocycles. The predicted molar refractivity (Wildman–Crippen MR) is 78.5 cm³/mol. The Morgan fingerprint density at radius 2 is 1.80 bits per heavy atom. The first kappa shape index (κ1) is 14.6. The summed E-state index contributed by atoms with van der Waals surface area (Å²) in [6.07, 6.45) is 2.28. The van der Waals surface area contributed by atoms with Gasteiger partial charge in [0.05, 0.1) is 10.0 Å². The summed E-state index contributed by atoms with van der Waals surface area (Å²) in [6, 6.07) is 9.23. The van der Waals surface area contributed by atoms with Gasteiger partial charge in [0.15, 0.2) is 0 Å². The van der Waals surface area contributed by atoms with Gasteiger partial charge in [0.25, 0.3) is 0 Å². The standard InChI is InChI=1S/C15H9Cl2FO2/c16-13-3-2-10(8-14(13)17)11-5-9(1-4-15(19)20)6-12(18)7-11/h1-8H,(H,19,20)/b4-1+. The zero-order valence-corrected chi connectivity index (χ0v) is 11.6. The lowest BCUT2D eigenvalue weighted by Crippen LogP contribution is -1.87. The number of rotatable bonds is 3. The van der Waals surface area contributed by atoms with Crippen LogP contribution in [-0.2, 0) is 4.79 Å². The van der Waals surface area contributed by atoms with Gasteiger partial charge in [-0.15, -0.1) is 0 Å². The zero-order valence-electron chi connectivity index (χ0n) is 10.1. The van der Waals surface area contributed by atoms with Crippen LogP contribution in [0.25, 0.3) is 17.2 Å². The maximum absolute atomic E-state index is 13.6. The SMILES string of the molecule is O=C(O)/C=C/c1cc(F)cc(-c2ccc(Cl)c(Cl)c2)c1. The Hall–Kier alpha value is -1.84. The Bertz CT molecular complexity index is 696. The van der Waals surface area contributed by atoms with Crippen molar-refractivity contribution in [2.45, 2.75) is 0 Å². The molecule has 0 unspecified atom stereocenters. The molecule has 0 aliphatic carbocycles. The van der Waals surface area contributed by atoms with Gasteiger partial charge in [-0.2, -0.15) is 0 Å². The minimum absolute atomic E-state index is 0.371. The fourth-order valence-electron chi connectivity index (χ4n) is 1.72. The van der Waals surface area contributed by atoms with Crippen LogP contribution in [0, 0.1) is 5.82 Å². The maximum Gasteiger partial charge on any atom is 0.328 e. The first-order valence-electron chi connectivity index (χ1n) is 5.63. The lowest BCUT2D eigenvalue weighted by atomic mass is 10.0. The molecule has 0 radical (unpaired) electrons. The molecule has 0 saturated heterocycles. The molecule has 102 valence electrons. The normalized spacial score (nSPS) is 10.9. The van der Waals surface area contributed by atoms with Crippen molar-refractivity contribution in [3.63, 3.8) is 0 Å². The molecule has 2 nitrogen and oxygen atoms in total. The number of carbonyl (C=O) groups is 1. The van der Waals surface area contributed by atoms with Gasteiger partial charge >= 0.3 is 5.97 Å². The van der Waals surface area contributed by atoms with Crippen LogP contribution >= 0.6 is 23.2 Å². The Labute approximate surface area is 125 Å². The molecular formula is C15H9Cl2FO2. The molecule has 2 aromatic carbocycles. The molecule has 0 spiro atoms. The van der Waals surface area contributed by atoms with E-state index in [9.17, 15) is 9.18 Å². The van der Waals surface area contributed by atoms with E-state index in [1.165, 1.54) is 18.2 Å². The topological polar surface area (TPSA) is 37.3 Å². The lowest BCUT2D eigenvalue weighted by Gasteiger charge is -2.05. The van der Waals surface area contributed by atoms with Gasteiger partial charge in [0, 0.05) is 6.08 Å². The van der Waals surface area contributed by atoms with E-state index in [1.807, 2.05) is 0 Å². The molecule has 0 bridgehead atoms. The third-order valence-electron chi connectivity index (χ3n) is 2.59. The van der Waals surface area contributed by atoms with Crippen molar-refractivity contribution in [2.24, 2.45) is 0 Å². The van der Waals surface area contributed by atoms with Crippen molar-refractivity contribution < 1.29 is 14.3 Å². The molecule has 2 rings (SSSR count). The van der Waals surface area contributed by atoms with Crippen LogP contribution in [0.1, 0.15) is 5.56 Å². The number of hydrogen-bond acceptors (Lipinski definition) is 1. The molecule has 0 heterocycles. The number of halogens is 3. The number of carboxylic acids is 1. The summed E-state index contributed by atoms with van der Waals surface area (Å²) in [5.41, 5.74) is 1.74. The van der Waals surface area contributed by atoms with Gasteiger partial charge in [0.1, 0.15) is 5.82 Å². The first-order chi connectivity index (χ1) is 9.45. The van der Waals surface area contributed by atoms with Gasteiger partial charge in [-0.1, -0.05) is 29.3 Å². The average molecular weight is 311 g/mol. The van der Waals surface area contributed by atoms with E-state index < -0.39 is 11.8 Å². The molecule has 20 heavy (non-hydrogen) atoms. The molecule has 0 atom stereocenters. The van der Waals surface area contributed by atoms with Crippen LogP contribution in [0.15, 0.2) is 42.5 Å². The molecule has 0 saturated carbocycles. The third-order valence-corrected chi connectivity index (χ3v) is 3.33. The van der Waals surface area contributed by atoms with E-state index in [-0.39, 0.29) is 0 Å².